The third-order valence-electron chi connectivity index (χ3n) is 3.49. The summed E-state index contributed by atoms with van der Waals surface area (Å²) in [6, 6.07) is 6.81. The summed E-state index contributed by atoms with van der Waals surface area (Å²) in [7, 11) is 1.54. The van der Waals surface area contributed by atoms with Gasteiger partial charge in [-0.1, -0.05) is 11.6 Å². The maximum Gasteiger partial charge on any atom is 0.417 e. The molecule has 0 bridgehead atoms. The number of nitrogens with two attached hydrogens (primary N) is 1. The molecule has 1 aliphatic rings. The lowest BCUT2D eigenvalue weighted by atomic mass is 10.1. The number of likely N-dealkylation sites (N-methyl/N-ethyl adjacent to an activating group) is 1. The molecule has 2 rings (SSSR count). The molecular weight excluding hydrogens is 343 g/mol. The van der Waals surface area contributed by atoms with E-state index in [1.165, 1.54) is 4.90 Å². The Labute approximate surface area is 143 Å². The summed E-state index contributed by atoms with van der Waals surface area (Å²) in [5.74, 6) is 0.301. The van der Waals surface area contributed by atoms with Crippen LogP contribution in [-0.2, 0) is 0 Å². The van der Waals surface area contributed by atoms with Crippen molar-refractivity contribution in [3.05, 3.63) is 41.1 Å². The number of hydrogen-bond acceptors (Lipinski definition) is 5. The van der Waals surface area contributed by atoms with Gasteiger partial charge in [0, 0.05) is 24.0 Å². The van der Waals surface area contributed by atoms with Gasteiger partial charge in [0.25, 0.3) is 0 Å². The molecule has 132 valence electrons. The Bertz CT molecular complexity index is 613. The van der Waals surface area contributed by atoms with Crippen LogP contribution in [0.5, 0.6) is 0 Å². The molecule has 1 heterocycles. The number of guanidine groups is 1. The van der Waals surface area contributed by atoms with Gasteiger partial charge in [0.1, 0.15) is 6.17 Å². The molecule has 0 aliphatic carbocycles. The van der Waals surface area contributed by atoms with Crippen molar-refractivity contribution in [3.63, 3.8) is 0 Å². The fraction of sp³-hybridized carbons (Fsp3) is 0.400. The lowest BCUT2D eigenvalue weighted by Crippen LogP contribution is -2.54. The standard InChI is InChI=1S/C15H19ClF3N5/c1-24-13(21-8-2-7-20)12(15(17,18)19)9-22-14(24)23-11-5-3-10(16)4-6-11/h3-6,9,13,21H,2,7-8,20H2,1H3,(H,22,23). The summed E-state index contributed by atoms with van der Waals surface area (Å²) in [6.07, 6.45) is -4.08. The van der Waals surface area contributed by atoms with Crippen molar-refractivity contribution in [1.29, 1.82) is 0 Å². The molecular formula is C15H19ClF3N5. The monoisotopic (exact) mass is 361 g/mol. The Kier molecular flexibility index (Phi) is 6.09. The minimum Gasteiger partial charge on any atom is -0.330 e. The third kappa shape index (κ3) is 4.62. The lowest BCUT2D eigenvalue weighted by molar-refractivity contribution is -0.101. The van der Waals surface area contributed by atoms with E-state index < -0.39 is 17.9 Å². The number of alkyl halides is 3. The number of hydrogen-bond donors (Lipinski definition) is 3. The van der Waals surface area contributed by atoms with Crippen molar-refractivity contribution in [2.24, 2.45) is 10.7 Å². The zero-order valence-corrected chi connectivity index (χ0v) is 13.8. The summed E-state index contributed by atoms with van der Waals surface area (Å²) in [5, 5.41) is 6.43. The van der Waals surface area contributed by atoms with E-state index in [9.17, 15) is 13.2 Å². The first-order valence-corrected chi connectivity index (χ1v) is 7.74. The van der Waals surface area contributed by atoms with Crippen LogP contribution in [0.1, 0.15) is 6.42 Å². The van der Waals surface area contributed by atoms with Gasteiger partial charge in [-0.15, -0.1) is 0 Å². The summed E-state index contributed by atoms with van der Waals surface area (Å²) < 4.78 is 39.6. The van der Waals surface area contributed by atoms with Crippen molar-refractivity contribution in [2.45, 2.75) is 18.8 Å². The fourth-order valence-corrected chi connectivity index (χ4v) is 2.35. The predicted octanol–water partition coefficient (Wildman–Crippen LogP) is 2.76. The normalized spacial score (nSPS) is 18.2. The van der Waals surface area contributed by atoms with Gasteiger partial charge in [0.05, 0.1) is 5.57 Å². The highest BCUT2D eigenvalue weighted by Crippen LogP contribution is 2.31. The second-order valence-corrected chi connectivity index (χ2v) is 5.71. The van der Waals surface area contributed by atoms with Gasteiger partial charge in [0.2, 0.25) is 5.96 Å². The highest BCUT2D eigenvalue weighted by atomic mass is 35.5. The molecule has 0 fully saturated rings. The van der Waals surface area contributed by atoms with Crippen molar-refractivity contribution in [1.82, 2.24) is 10.2 Å². The van der Waals surface area contributed by atoms with E-state index in [2.05, 4.69) is 15.6 Å². The molecule has 1 unspecified atom stereocenters. The van der Waals surface area contributed by atoms with Crippen LogP contribution in [0.2, 0.25) is 5.02 Å². The summed E-state index contributed by atoms with van der Waals surface area (Å²) in [6.45, 7) is 0.769. The predicted molar refractivity (Wildman–Crippen MR) is 89.9 cm³/mol. The van der Waals surface area contributed by atoms with E-state index in [-0.39, 0.29) is 0 Å². The van der Waals surface area contributed by atoms with Crippen LogP contribution in [0.25, 0.3) is 0 Å². The first kappa shape index (κ1) is 18.6. The molecule has 0 aromatic heterocycles. The molecule has 24 heavy (non-hydrogen) atoms. The number of nitrogens with zero attached hydrogens (tertiary/aromatic N) is 2. The number of rotatable bonds is 5. The molecule has 1 aromatic rings. The topological polar surface area (TPSA) is 65.7 Å². The first-order valence-electron chi connectivity index (χ1n) is 7.37. The van der Waals surface area contributed by atoms with Gasteiger partial charge >= 0.3 is 6.18 Å². The smallest absolute Gasteiger partial charge is 0.330 e. The van der Waals surface area contributed by atoms with Crippen LogP contribution >= 0.6 is 11.6 Å². The zero-order valence-electron chi connectivity index (χ0n) is 13.1. The highest BCUT2D eigenvalue weighted by Gasteiger charge is 2.42. The molecule has 9 heteroatoms. The van der Waals surface area contributed by atoms with Gasteiger partial charge in [0.15, 0.2) is 0 Å². The van der Waals surface area contributed by atoms with E-state index >= 15 is 0 Å². The second kappa shape index (κ2) is 7.87. The third-order valence-corrected chi connectivity index (χ3v) is 3.74. The minimum atomic E-state index is -4.47. The Morgan fingerprint density at radius 2 is 1.96 bits per heavy atom. The van der Waals surface area contributed by atoms with Crippen molar-refractivity contribution in [3.8, 4) is 0 Å². The summed E-state index contributed by atoms with van der Waals surface area (Å²) in [4.78, 5) is 5.32. The molecule has 0 saturated heterocycles. The van der Waals surface area contributed by atoms with Gasteiger partial charge in [-0.05, 0) is 43.8 Å². The average Bonchev–Trinajstić information content (AvgIpc) is 2.52. The van der Waals surface area contributed by atoms with Crippen LogP contribution in [0.4, 0.5) is 18.9 Å². The van der Waals surface area contributed by atoms with Crippen LogP contribution < -0.4 is 16.4 Å². The molecule has 0 saturated carbocycles. The quantitative estimate of drug-likeness (QED) is 0.706. The van der Waals surface area contributed by atoms with Gasteiger partial charge in [-0.25, -0.2) is 4.99 Å². The largest absolute Gasteiger partial charge is 0.417 e. The molecule has 5 nitrogen and oxygen atoms in total. The number of anilines is 1. The highest BCUT2D eigenvalue weighted by molar-refractivity contribution is 6.30. The van der Waals surface area contributed by atoms with Crippen LogP contribution in [-0.4, -0.2) is 43.3 Å². The van der Waals surface area contributed by atoms with Crippen molar-refractivity contribution < 1.29 is 13.2 Å². The molecule has 1 atom stereocenters. The molecule has 0 amide bonds. The molecule has 0 spiro atoms. The van der Waals surface area contributed by atoms with Gasteiger partial charge in [-0.2, -0.15) is 13.2 Å². The van der Waals surface area contributed by atoms with E-state index in [1.807, 2.05) is 0 Å². The van der Waals surface area contributed by atoms with E-state index in [1.54, 1.807) is 31.3 Å². The maximum absolute atomic E-state index is 13.2. The van der Waals surface area contributed by atoms with E-state index in [4.69, 9.17) is 17.3 Å². The molecule has 4 N–H and O–H groups in total. The average molecular weight is 362 g/mol. The number of benzene rings is 1. The Balaban J connectivity index is 2.21. The number of aliphatic imine (C=N–C) groups is 1. The Hall–Kier alpha value is -1.77. The number of nitrogens with one attached hydrogen (secondary N) is 2. The molecule has 0 radical (unpaired) electrons. The van der Waals surface area contributed by atoms with Crippen LogP contribution in [0, 0.1) is 0 Å². The second-order valence-electron chi connectivity index (χ2n) is 5.28. The first-order chi connectivity index (χ1) is 11.3. The SMILES string of the molecule is CN1C(Nc2ccc(Cl)cc2)=NC=C(C(F)(F)F)C1NCCCN. The maximum atomic E-state index is 13.2. The van der Waals surface area contributed by atoms with Crippen LogP contribution in [0.3, 0.4) is 0 Å². The zero-order chi connectivity index (χ0) is 17.7. The van der Waals surface area contributed by atoms with Crippen LogP contribution in [0.15, 0.2) is 41.0 Å². The molecule has 1 aromatic carbocycles. The van der Waals surface area contributed by atoms with E-state index in [0.29, 0.717) is 36.2 Å². The summed E-state index contributed by atoms with van der Waals surface area (Å²) >= 11 is 5.82. The van der Waals surface area contributed by atoms with E-state index in [0.717, 1.165) is 6.20 Å². The number of halogens is 4. The van der Waals surface area contributed by atoms with Crippen molar-refractivity contribution in [2.75, 3.05) is 25.5 Å². The van der Waals surface area contributed by atoms with Crippen molar-refractivity contribution >= 4 is 23.2 Å². The Morgan fingerprint density at radius 1 is 1.29 bits per heavy atom. The van der Waals surface area contributed by atoms with Gasteiger partial charge in [-0.3, -0.25) is 5.32 Å². The summed E-state index contributed by atoms with van der Waals surface area (Å²) in [5.41, 5.74) is 5.33. The van der Waals surface area contributed by atoms with Gasteiger partial charge < -0.3 is 16.0 Å². The lowest BCUT2D eigenvalue weighted by Gasteiger charge is -2.36. The Morgan fingerprint density at radius 3 is 2.54 bits per heavy atom. The fourth-order valence-electron chi connectivity index (χ4n) is 2.22. The minimum absolute atomic E-state index is 0.301. The molecule has 1 aliphatic heterocycles.